The molecule has 0 aromatic heterocycles. The molecule has 472 valence electrons. The number of rotatable bonds is 32. The lowest BCUT2D eigenvalue weighted by Gasteiger charge is -2.32. The fourth-order valence-electron chi connectivity index (χ4n) is 9.08. The Morgan fingerprint density at radius 2 is 0.929 bits per heavy atom. The number of aromatic hydroxyl groups is 1. The van der Waals surface area contributed by atoms with Crippen LogP contribution in [0.2, 0.25) is 0 Å². The molecular weight excluding hydrogens is 1060 g/mol. The maximum absolute atomic E-state index is 12.5. The molecule has 0 aliphatic carbocycles. The van der Waals surface area contributed by atoms with Crippen LogP contribution < -0.4 is 4.74 Å². The van der Waals surface area contributed by atoms with Crippen LogP contribution in [0, 0.1) is 29.6 Å². The van der Waals surface area contributed by atoms with Gasteiger partial charge in [0.05, 0.1) is 6.61 Å². The van der Waals surface area contributed by atoms with Gasteiger partial charge in [-0.15, -0.1) is 0 Å². The van der Waals surface area contributed by atoms with Crippen LogP contribution in [0.4, 0.5) is 0 Å². The number of esters is 5. The number of phenolic OH excluding ortho intramolecular Hbond substituents is 1. The van der Waals surface area contributed by atoms with E-state index in [1.54, 1.807) is 54.6 Å². The Balaban J connectivity index is 0.000000567. The molecule has 0 amide bonds. The lowest BCUT2D eigenvalue weighted by Crippen LogP contribution is -2.35. The number of carbonyl (C=O) groups is 5. The predicted octanol–water partition coefficient (Wildman–Crippen LogP) is 19.6. The van der Waals surface area contributed by atoms with Crippen molar-refractivity contribution in [1.82, 2.24) is 0 Å². The molecule has 0 spiro atoms. The molecule has 0 saturated heterocycles. The number of hydrogen-bond acceptors (Lipinski definition) is 11. The van der Waals surface area contributed by atoms with Gasteiger partial charge in [-0.05, 0) is 144 Å². The molecule has 11 heteroatoms. The van der Waals surface area contributed by atoms with Crippen molar-refractivity contribution >= 4 is 42.0 Å². The second kappa shape index (κ2) is 42.3. The maximum Gasteiger partial charge on any atom is 0.342 e. The average Bonchev–Trinajstić information content (AvgIpc) is 3.45. The van der Waals surface area contributed by atoms with E-state index in [9.17, 15) is 29.1 Å². The van der Waals surface area contributed by atoms with Gasteiger partial charge >= 0.3 is 29.8 Å². The Bertz CT molecular complexity index is 2540. The van der Waals surface area contributed by atoms with Gasteiger partial charge in [0.1, 0.15) is 39.4 Å². The molecule has 0 fully saturated rings. The van der Waals surface area contributed by atoms with E-state index in [1.807, 2.05) is 102 Å². The minimum Gasteiger partial charge on any atom is -0.507 e. The third-order valence-electron chi connectivity index (χ3n) is 15.3. The van der Waals surface area contributed by atoms with Crippen LogP contribution in [0.5, 0.6) is 11.5 Å². The number of para-hydroxylation sites is 2. The second-order valence-corrected chi connectivity index (χ2v) is 24.7. The molecule has 4 aromatic rings. The Kier molecular flexibility index (Phi) is 38.1. The summed E-state index contributed by atoms with van der Waals surface area (Å²) in [6, 6.07) is 32.7. The highest BCUT2D eigenvalue weighted by Crippen LogP contribution is 2.31. The number of carbonyl (C=O) groups excluding carboxylic acids is 5. The molecule has 0 aliphatic rings. The summed E-state index contributed by atoms with van der Waals surface area (Å²) in [6.45, 7) is 33.2. The van der Waals surface area contributed by atoms with Crippen LogP contribution in [0.1, 0.15) is 245 Å². The molecule has 0 saturated carbocycles. The summed E-state index contributed by atoms with van der Waals surface area (Å²) < 4.78 is 27.3. The quantitative estimate of drug-likeness (QED) is 0.0164. The highest BCUT2D eigenvalue weighted by Gasteiger charge is 2.32. The summed E-state index contributed by atoms with van der Waals surface area (Å²) in [4.78, 5) is 59.3. The molecule has 0 bridgehead atoms. The average molecular weight is 1180 g/mol. The Morgan fingerprint density at radius 1 is 0.482 bits per heavy atom. The van der Waals surface area contributed by atoms with Crippen LogP contribution in [0.25, 0.3) is 12.2 Å². The van der Waals surface area contributed by atoms with E-state index in [-0.39, 0.29) is 40.5 Å². The van der Waals surface area contributed by atoms with E-state index < -0.39 is 34.7 Å². The van der Waals surface area contributed by atoms with Crippen molar-refractivity contribution in [2.45, 2.75) is 230 Å². The molecule has 5 unspecified atom stereocenters. The van der Waals surface area contributed by atoms with Crippen molar-refractivity contribution < 1.29 is 52.8 Å². The van der Waals surface area contributed by atoms with E-state index in [4.69, 9.17) is 23.7 Å². The summed E-state index contributed by atoms with van der Waals surface area (Å²) in [6.07, 6.45) is 25.0. The fourth-order valence-corrected chi connectivity index (χ4v) is 9.08. The first-order valence-electron chi connectivity index (χ1n) is 31.6. The van der Waals surface area contributed by atoms with Crippen molar-refractivity contribution in [2.75, 3.05) is 6.61 Å². The Morgan fingerprint density at radius 3 is 1.44 bits per heavy atom. The SMILES string of the molecule is CCC(C)CCCC(C)COC(=O)/C=C/c1ccccc1.CCCCC(C)CC(C)(C)OC(=O)c1ccccc1O.CCCCCC(C)C(C)(C)OC(=O)/C=C/c1ccccc1.CCCCCC(C)C(C)(C)OC(=O)c1ccccc1OC(C)=O. The molecular formula is C74H110O11. The first kappa shape index (κ1) is 76.5. The lowest BCUT2D eigenvalue weighted by molar-refractivity contribution is -0.155. The van der Waals surface area contributed by atoms with Crippen LogP contribution >= 0.6 is 0 Å². The number of hydrogen-bond donors (Lipinski definition) is 1. The van der Waals surface area contributed by atoms with Gasteiger partial charge in [-0.25, -0.2) is 19.2 Å². The lowest BCUT2D eigenvalue weighted by atomic mass is 9.88. The topological polar surface area (TPSA) is 152 Å². The fraction of sp³-hybridized carbons (Fsp3) is 0.554. The zero-order valence-corrected chi connectivity index (χ0v) is 55.1. The van der Waals surface area contributed by atoms with E-state index >= 15 is 0 Å². The molecule has 5 atom stereocenters. The summed E-state index contributed by atoms with van der Waals surface area (Å²) in [5, 5.41) is 9.67. The third kappa shape index (κ3) is 34.9. The minimum atomic E-state index is -0.575. The van der Waals surface area contributed by atoms with Gasteiger partial charge in [0.15, 0.2) is 0 Å². The molecule has 11 nitrogen and oxygen atoms in total. The van der Waals surface area contributed by atoms with Crippen molar-refractivity contribution in [2.24, 2.45) is 29.6 Å². The maximum atomic E-state index is 12.5. The van der Waals surface area contributed by atoms with Crippen LogP contribution in [-0.4, -0.2) is 58.4 Å². The standard InChI is InChI=1S/C19H28O4.2C19H28O2.C17H26O3/c1-6-7-8-11-14(2)19(4,5)23-18(21)16-12-9-10-13-17(16)22-15(3)20;1-5-6-8-11-16(2)19(3,4)21-18(20)15-14-17-12-9-7-10-13-17;1-4-16(2)9-8-10-17(3)15-21-19(20)14-13-18-11-6-5-7-12-18;1-5-6-9-13(2)12-17(3,4)20-16(19)14-10-7-8-11-15(14)18/h9-10,12-14H,6-8,11H2,1-5H3;7,9-10,12-16H,5-6,8,11H2,1-4H3;5-7,11-14,16-17H,4,8-10,15H2,1-3H3;7-8,10-11,13,18H,5-6,9,12H2,1-4H3/b;15-14+;14-13+;. The number of benzene rings is 4. The van der Waals surface area contributed by atoms with Crippen molar-refractivity contribution in [3.05, 3.63) is 144 Å². The molecule has 0 aliphatic heterocycles. The smallest absolute Gasteiger partial charge is 0.342 e. The first-order chi connectivity index (χ1) is 40.2. The Labute approximate surface area is 514 Å². The molecule has 4 rings (SSSR count). The third-order valence-corrected chi connectivity index (χ3v) is 15.3. The monoisotopic (exact) mass is 1170 g/mol. The Hall–Kier alpha value is -6.49. The van der Waals surface area contributed by atoms with E-state index in [2.05, 4.69) is 62.3 Å². The van der Waals surface area contributed by atoms with Crippen LogP contribution in [-0.2, 0) is 33.3 Å². The van der Waals surface area contributed by atoms with Gasteiger partial charge in [0, 0.05) is 19.1 Å². The van der Waals surface area contributed by atoms with Gasteiger partial charge in [0.2, 0.25) is 0 Å². The van der Waals surface area contributed by atoms with Gasteiger partial charge < -0.3 is 28.8 Å². The molecule has 85 heavy (non-hydrogen) atoms. The summed E-state index contributed by atoms with van der Waals surface area (Å²) in [5.74, 6) is 0.642. The molecule has 1 N–H and O–H groups in total. The number of ether oxygens (including phenoxy) is 5. The molecule has 4 aromatic carbocycles. The zero-order valence-electron chi connectivity index (χ0n) is 55.1. The van der Waals surface area contributed by atoms with Crippen molar-refractivity contribution in [1.29, 1.82) is 0 Å². The minimum absolute atomic E-state index is 0.0349. The van der Waals surface area contributed by atoms with Gasteiger partial charge in [0.25, 0.3) is 0 Å². The predicted molar refractivity (Wildman–Crippen MR) is 349 cm³/mol. The van der Waals surface area contributed by atoms with E-state index in [0.29, 0.717) is 24.4 Å². The van der Waals surface area contributed by atoms with Gasteiger partial charge in [-0.1, -0.05) is 224 Å². The van der Waals surface area contributed by atoms with E-state index in [1.165, 1.54) is 89.4 Å². The number of unbranched alkanes of at least 4 members (excludes halogenated alkanes) is 5. The van der Waals surface area contributed by atoms with Crippen molar-refractivity contribution in [3.8, 4) is 11.5 Å². The molecule has 0 heterocycles. The van der Waals surface area contributed by atoms with Gasteiger partial charge in [-0.2, -0.15) is 0 Å². The van der Waals surface area contributed by atoms with Crippen molar-refractivity contribution in [3.63, 3.8) is 0 Å². The van der Waals surface area contributed by atoms with Gasteiger partial charge in [-0.3, -0.25) is 4.79 Å². The van der Waals surface area contributed by atoms with Crippen LogP contribution in [0.15, 0.2) is 121 Å². The molecule has 0 radical (unpaired) electrons. The summed E-state index contributed by atoms with van der Waals surface area (Å²) in [5.41, 5.74) is 0.990. The zero-order chi connectivity index (χ0) is 63.9. The summed E-state index contributed by atoms with van der Waals surface area (Å²) in [7, 11) is 0. The van der Waals surface area contributed by atoms with Crippen LogP contribution in [0.3, 0.4) is 0 Å². The first-order valence-corrected chi connectivity index (χ1v) is 31.6. The highest BCUT2D eigenvalue weighted by atomic mass is 16.6. The second-order valence-electron chi connectivity index (χ2n) is 24.7. The number of phenols is 1. The normalized spacial score (nSPS) is 13.2. The highest BCUT2D eigenvalue weighted by molar-refractivity contribution is 5.94. The largest absolute Gasteiger partial charge is 0.507 e. The summed E-state index contributed by atoms with van der Waals surface area (Å²) >= 11 is 0. The van der Waals surface area contributed by atoms with E-state index in [0.717, 1.165) is 55.6 Å².